The van der Waals surface area contributed by atoms with Crippen molar-refractivity contribution >= 4 is 17.5 Å². The van der Waals surface area contributed by atoms with E-state index in [1.807, 2.05) is 6.20 Å². The number of aliphatic hydroxyl groups is 1. The SMILES string of the molecule is Cn1cc(-c2cnc(Nc3cc(N)nc(C(F)F)n3)cc2OC2CC(O)C2)cn1. The molecule has 1 saturated carbocycles. The minimum atomic E-state index is -2.84. The van der Waals surface area contributed by atoms with Gasteiger partial charge < -0.3 is 20.9 Å². The maximum Gasteiger partial charge on any atom is 0.297 e. The number of aromatic nitrogens is 5. The van der Waals surface area contributed by atoms with Crippen molar-refractivity contribution in [2.24, 2.45) is 7.05 Å². The molecule has 1 fully saturated rings. The zero-order chi connectivity index (χ0) is 20.5. The maximum atomic E-state index is 12.9. The van der Waals surface area contributed by atoms with Crippen molar-refractivity contribution in [3.05, 3.63) is 36.5 Å². The Hall–Kier alpha value is -3.34. The summed E-state index contributed by atoms with van der Waals surface area (Å²) in [5.41, 5.74) is 7.12. The summed E-state index contributed by atoms with van der Waals surface area (Å²) in [6.45, 7) is 0. The van der Waals surface area contributed by atoms with Gasteiger partial charge in [0.2, 0.25) is 0 Å². The molecule has 0 spiro atoms. The molecule has 3 aromatic rings. The number of nitrogens with one attached hydrogen (secondary N) is 1. The zero-order valence-corrected chi connectivity index (χ0v) is 15.5. The zero-order valence-electron chi connectivity index (χ0n) is 15.5. The van der Waals surface area contributed by atoms with E-state index in [1.165, 1.54) is 6.07 Å². The largest absolute Gasteiger partial charge is 0.489 e. The molecule has 0 amide bonds. The van der Waals surface area contributed by atoms with Gasteiger partial charge in [-0.25, -0.2) is 23.7 Å². The summed E-state index contributed by atoms with van der Waals surface area (Å²) in [6, 6.07) is 2.98. The average molecular weight is 403 g/mol. The molecule has 4 N–H and O–H groups in total. The van der Waals surface area contributed by atoms with Crippen molar-refractivity contribution in [3.8, 4) is 16.9 Å². The molecule has 0 saturated heterocycles. The highest BCUT2D eigenvalue weighted by Crippen LogP contribution is 2.35. The number of alkyl halides is 2. The quantitative estimate of drug-likeness (QED) is 0.573. The first kappa shape index (κ1) is 19.0. The van der Waals surface area contributed by atoms with E-state index in [4.69, 9.17) is 10.5 Å². The Labute approximate surface area is 164 Å². The molecule has 1 aliphatic rings. The molecule has 0 atom stereocenters. The van der Waals surface area contributed by atoms with Gasteiger partial charge in [-0.15, -0.1) is 0 Å². The number of hydrogen-bond donors (Lipinski definition) is 3. The summed E-state index contributed by atoms with van der Waals surface area (Å²) in [4.78, 5) is 11.6. The second-order valence-corrected chi connectivity index (χ2v) is 6.80. The molecule has 9 nitrogen and oxygen atoms in total. The van der Waals surface area contributed by atoms with E-state index in [1.54, 1.807) is 30.2 Å². The first-order valence-corrected chi connectivity index (χ1v) is 8.91. The lowest BCUT2D eigenvalue weighted by molar-refractivity contribution is -0.0105. The third-order valence-corrected chi connectivity index (χ3v) is 4.46. The Morgan fingerprint density at radius 2 is 2.03 bits per heavy atom. The van der Waals surface area contributed by atoms with E-state index in [0.29, 0.717) is 24.4 Å². The molecule has 0 aromatic carbocycles. The molecule has 3 aromatic heterocycles. The van der Waals surface area contributed by atoms with Crippen molar-refractivity contribution in [2.45, 2.75) is 31.5 Å². The Balaban J connectivity index is 1.64. The van der Waals surface area contributed by atoms with Gasteiger partial charge in [-0.2, -0.15) is 5.10 Å². The Bertz CT molecular complexity index is 1020. The highest BCUT2D eigenvalue weighted by molar-refractivity contribution is 5.71. The molecule has 152 valence electrons. The van der Waals surface area contributed by atoms with Gasteiger partial charge in [-0.05, 0) is 0 Å². The molecule has 0 radical (unpaired) electrons. The molecule has 1 aliphatic carbocycles. The standard InChI is InChI=1S/C18H19F2N7O2/c1-27-8-9(6-23-27)12-7-22-15(4-13(12)29-11-2-10(28)3-11)25-16-5-14(21)24-18(26-16)17(19)20/h4-8,10-11,17,28H,2-3H2,1H3,(H3,21,22,24,25,26). The molecule has 0 bridgehead atoms. The second-order valence-electron chi connectivity index (χ2n) is 6.80. The lowest BCUT2D eigenvalue weighted by atomic mass is 9.92. The molecule has 3 heterocycles. The molecule has 0 aliphatic heterocycles. The van der Waals surface area contributed by atoms with Crippen LogP contribution in [-0.4, -0.2) is 42.0 Å². The lowest BCUT2D eigenvalue weighted by Gasteiger charge is -2.32. The summed E-state index contributed by atoms with van der Waals surface area (Å²) in [5.74, 6) is 0.220. The number of aryl methyl sites for hydroxylation is 1. The third kappa shape index (κ3) is 4.24. The molecule has 11 heteroatoms. The fourth-order valence-corrected chi connectivity index (χ4v) is 2.97. The molecule has 4 rings (SSSR count). The summed E-state index contributed by atoms with van der Waals surface area (Å²) in [5, 5.41) is 16.5. The Morgan fingerprint density at radius 1 is 1.24 bits per heavy atom. The fourth-order valence-electron chi connectivity index (χ4n) is 2.97. The van der Waals surface area contributed by atoms with Crippen molar-refractivity contribution < 1.29 is 18.6 Å². The normalized spacial score (nSPS) is 18.5. The van der Waals surface area contributed by atoms with Gasteiger partial charge in [-0.1, -0.05) is 0 Å². The monoisotopic (exact) mass is 403 g/mol. The van der Waals surface area contributed by atoms with Gasteiger partial charge in [0, 0.05) is 55.5 Å². The number of halogens is 2. The van der Waals surface area contributed by atoms with E-state index >= 15 is 0 Å². The number of nitrogen functional groups attached to an aromatic ring is 1. The van der Waals surface area contributed by atoms with Crippen LogP contribution in [0.1, 0.15) is 25.1 Å². The van der Waals surface area contributed by atoms with Crippen LogP contribution in [0.25, 0.3) is 11.1 Å². The van der Waals surface area contributed by atoms with Gasteiger partial charge >= 0.3 is 0 Å². The minimum absolute atomic E-state index is 0.0790. The Kier molecular flexibility index (Phi) is 4.97. The predicted molar refractivity (Wildman–Crippen MR) is 101 cm³/mol. The number of hydrogen-bond acceptors (Lipinski definition) is 8. The van der Waals surface area contributed by atoms with Gasteiger partial charge in [0.05, 0.1) is 12.3 Å². The number of anilines is 3. The van der Waals surface area contributed by atoms with E-state index in [9.17, 15) is 13.9 Å². The van der Waals surface area contributed by atoms with Gasteiger partial charge in [0.1, 0.15) is 29.3 Å². The number of aliphatic hydroxyl groups excluding tert-OH is 1. The first-order chi connectivity index (χ1) is 13.9. The number of ether oxygens (including phenoxy) is 1. The third-order valence-electron chi connectivity index (χ3n) is 4.46. The maximum absolute atomic E-state index is 12.9. The molecular weight excluding hydrogens is 384 g/mol. The van der Waals surface area contributed by atoms with E-state index in [0.717, 1.165) is 11.1 Å². The van der Waals surface area contributed by atoms with Crippen LogP contribution in [0.4, 0.5) is 26.2 Å². The summed E-state index contributed by atoms with van der Waals surface area (Å²) >= 11 is 0. The Morgan fingerprint density at radius 3 is 2.69 bits per heavy atom. The van der Waals surface area contributed by atoms with E-state index in [-0.39, 0.29) is 23.8 Å². The van der Waals surface area contributed by atoms with Crippen molar-refractivity contribution in [3.63, 3.8) is 0 Å². The second kappa shape index (κ2) is 7.59. The van der Waals surface area contributed by atoms with Crippen LogP contribution in [0.2, 0.25) is 0 Å². The topological polar surface area (TPSA) is 124 Å². The number of nitrogens with zero attached hydrogens (tertiary/aromatic N) is 5. The van der Waals surface area contributed by atoms with E-state index < -0.39 is 12.2 Å². The number of nitrogens with two attached hydrogens (primary N) is 1. The van der Waals surface area contributed by atoms with Crippen LogP contribution in [0.3, 0.4) is 0 Å². The minimum Gasteiger partial charge on any atom is -0.489 e. The van der Waals surface area contributed by atoms with Gasteiger partial charge in [0.25, 0.3) is 6.43 Å². The molecule has 29 heavy (non-hydrogen) atoms. The summed E-state index contributed by atoms with van der Waals surface area (Å²) in [7, 11) is 1.80. The molecular formula is C18H19F2N7O2. The van der Waals surface area contributed by atoms with Crippen LogP contribution in [-0.2, 0) is 7.05 Å². The van der Waals surface area contributed by atoms with Gasteiger partial charge in [-0.3, -0.25) is 4.68 Å². The van der Waals surface area contributed by atoms with Crippen LogP contribution in [0.5, 0.6) is 5.75 Å². The predicted octanol–water partition coefficient (Wildman–Crippen LogP) is 2.44. The van der Waals surface area contributed by atoms with Crippen LogP contribution in [0, 0.1) is 0 Å². The van der Waals surface area contributed by atoms with Gasteiger partial charge in [0.15, 0.2) is 5.82 Å². The first-order valence-electron chi connectivity index (χ1n) is 8.91. The lowest BCUT2D eigenvalue weighted by Crippen LogP contribution is -2.37. The van der Waals surface area contributed by atoms with Crippen molar-refractivity contribution in [1.29, 1.82) is 0 Å². The highest BCUT2D eigenvalue weighted by Gasteiger charge is 2.30. The smallest absolute Gasteiger partial charge is 0.297 e. The number of rotatable bonds is 6. The van der Waals surface area contributed by atoms with Crippen LogP contribution >= 0.6 is 0 Å². The number of pyridine rings is 1. The van der Waals surface area contributed by atoms with E-state index in [2.05, 4.69) is 25.4 Å². The van der Waals surface area contributed by atoms with Crippen molar-refractivity contribution in [2.75, 3.05) is 11.1 Å². The molecule has 0 unspecified atom stereocenters. The van der Waals surface area contributed by atoms with Crippen LogP contribution < -0.4 is 15.8 Å². The van der Waals surface area contributed by atoms with Crippen LogP contribution in [0.15, 0.2) is 30.7 Å². The summed E-state index contributed by atoms with van der Waals surface area (Å²) < 4.78 is 33.5. The highest BCUT2D eigenvalue weighted by atomic mass is 19.3. The summed E-state index contributed by atoms with van der Waals surface area (Å²) in [6.07, 6.45) is 2.87. The average Bonchev–Trinajstić information content (AvgIpc) is 3.06. The van der Waals surface area contributed by atoms with Crippen molar-refractivity contribution in [1.82, 2.24) is 24.7 Å². The fraction of sp³-hybridized carbons (Fsp3) is 0.333.